The first-order valence-electron chi connectivity index (χ1n) is 8.34. The maximum atomic E-state index is 12.7. The zero-order valence-electron chi connectivity index (χ0n) is 15.2. The Labute approximate surface area is 155 Å². The number of benzene rings is 2. The van der Waals surface area contributed by atoms with Gasteiger partial charge in [0.05, 0.1) is 7.11 Å². The largest absolute Gasteiger partial charge is 0.508 e. The summed E-state index contributed by atoms with van der Waals surface area (Å²) in [5.74, 6) is -0.558. The van der Waals surface area contributed by atoms with Crippen molar-refractivity contribution in [1.82, 2.24) is 0 Å². The lowest BCUT2D eigenvalue weighted by Gasteiger charge is -2.13. The van der Waals surface area contributed by atoms with E-state index in [1.807, 2.05) is 19.9 Å². The highest BCUT2D eigenvalue weighted by Gasteiger charge is 2.22. The number of fused-ring (bicyclic) bond motifs is 1. The number of phenols is 2. The van der Waals surface area contributed by atoms with Crippen LogP contribution in [0.15, 0.2) is 51.2 Å². The summed E-state index contributed by atoms with van der Waals surface area (Å²) in [6, 6.07) is 7.23. The summed E-state index contributed by atoms with van der Waals surface area (Å²) in [6.45, 7) is 3.89. The van der Waals surface area contributed by atoms with Crippen molar-refractivity contribution in [3.05, 3.63) is 57.8 Å². The second kappa shape index (κ2) is 7.07. The number of rotatable bonds is 4. The molecule has 6 heteroatoms. The Morgan fingerprint density at radius 1 is 1.15 bits per heavy atom. The van der Waals surface area contributed by atoms with Gasteiger partial charge in [0.15, 0.2) is 5.76 Å². The van der Waals surface area contributed by atoms with Crippen LogP contribution in [-0.4, -0.2) is 22.4 Å². The summed E-state index contributed by atoms with van der Waals surface area (Å²) >= 11 is 0. The maximum Gasteiger partial charge on any atom is 0.238 e. The van der Waals surface area contributed by atoms with Gasteiger partial charge in [-0.2, -0.15) is 0 Å². The summed E-state index contributed by atoms with van der Waals surface area (Å²) in [7, 11) is 1.46. The third kappa shape index (κ3) is 3.33. The Morgan fingerprint density at radius 2 is 1.81 bits per heavy atom. The quantitative estimate of drug-likeness (QED) is 0.600. The van der Waals surface area contributed by atoms with Crippen LogP contribution in [0.5, 0.6) is 23.0 Å². The Bertz CT molecular complexity index is 1090. The minimum absolute atomic E-state index is 0.0430. The van der Waals surface area contributed by atoms with Gasteiger partial charge in [-0.05, 0) is 44.5 Å². The molecule has 27 heavy (non-hydrogen) atoms. The molecule has 3 aromatic rings. The predicted molar refractivity (Wildman–Crippen MR) is 103 cm³/mol. The van der Waals surface area contributed by atoms with Crippen molar-refractivity contribution < 1.29 is 24.5 Å². The summed E-state index contributed by atoms with van der Waals surface area (Å²) in [4.78, 5) is 12.7. The van der Waals surface area contributed by atoms with Crippen LogP contribution in [-0.2, 0) is 6.42 Å². The van der Waals surface area contributed by atoms with Gasteiger partial charge in [0.2, 0.25) is 11.2 Å². The summed E-state index contributed by atoms with van der Waals surface area (Å²) in [6.07, 6.45) is 2.37. The number of allylic oxidation sites excluding steroid dienone is 2. The molecule has 0 amide bonds. The molecule has 0 atom stereocenters. The second-order valence-electron chi connectivity index (χ2n) is 6.42. The molecule has 0 saturated carbocycles. The van der Waals surface area contributed by atoms with Gasteiger partial charge < -0.3 is 24.5 Å². The lowest BCUT2D eigenvalue weighted by molar-refractivity contribution is 0.402. The van der Waals surface area contributed by atoms with Crippen molar-refractivity contribution in [3.8, 4) is 34.3 Å². The van der Waals surface area contributed by atoms with Crippen LogP contribution in [0.3, 0.4) is 0 Å². The molecule has 1 heterocycles. The maximum absolute atomic E-state index is 12.7. The molecule has 0 spiro atoms. The third-order valence-electron chi connectivity index (χ3n) is 4.25. The number of phenolic OH excluding ortho intramolecular Hbond substituents is 2. The van der Waals surface area contributed by atoms with Crippen molar-refractivity contribution >= 4 is 11.0 Å². The van der Waals surface area contributed by atoms with Gasteiger partial charge in [0.25, 0.3) is 0 Å². The molecule has 2 aromatic carbocycles. The van der Waals surface area contributed by atoms with Gasteiger partial charge in [-0.1, -0.05) is 11.6 Å². The van der Waals surface area contributed by atoms with Gasteiger partial charge in [0, 0.05) is 17.2 Å². The zero-order chi connectivity index (χ0) is 19.7. The first-order valence-corrected chi connectivity index (χ1v) is 8.34. The van der Waals surface area contributed by atoms with Crippen LogP contribution in [0.2, 0.25) is 0 Å². The standard InChI is InChI=1S/C21H20O6/c1-11(2)4-9-14-16(26-3)10-15(23)17-18(24)19(25)20(27-21(14)17)12-5-7-13(22)8-6-12/h4-8,10,22-23,25H,9H2,1-3H3. The van der Waals surface area contributed by atoms with Gasteiger partial charge >= 0.3 is 0 Å². The Balaban J connectivity index is 2.39. The molecule has 3 N–H and O–H groups in total. The van der Waals surface area contributed by atoms with Gasteiger partial charge in [0.1, 0.15) is 28.2 Å². The minimum Gasteiger partial charge on any atom is -0.508 e. The average Bonchev–Trinajstić information content (AvgIpc) is 2.63. The normalized spacial score (nSPS) is 10.8. The SMILES string of the molecule is COc1cc(O)c2c(=O)c(O)c(-c3ccc(O)cc3)oc2c1CC=C(C)C. The zero-order valence-corrected chi connectivity index (χ0v) is 15.2. The summed E-state index contributed by atoms with van der Waals surface area (Å²) in [5.41, 5.74) is 1.48. The van der Waals surface area contributed by atoms with Crippen LogP contribution in [0.4, 0.5) is 0 Å². The Kier molecular flexibility index (Phi) is 4.81. The lowest BCUT2D eigenvalue weighted by atomic mass is 10.0. The van der Waals surface area contributed by atoms with E-state index in [0.29, 0.717) is 23.3 Å². The van der Waals surface area contributed by atoms with Crippen molar-refractivity contribution in [2.75, 3.05) is 7.11 Å². The Morgan fingerprint density at radius 3 is 2.41 bits per heavy atom. The highest BCUT2D eigenvalue weighted by molar-refractivity contribution is 5.91. The first-order chi connectivity index (χ1) is 12.8. The van der Waals surface area contributed by atoms with E-state index in [9.17, 15) is 20.1 Å². The molecule has 6 nitrogen and oxygen atoms in total. The smallest absolute Gasteiger partial charge is 0.238 e. The molecule has 0 bridgehead atoms. The van der Waals surface area contributed by atoms with Crippen molar-refractivity contribution in [3.63, 3.8) is 0 Å². The lowest BCUT2D eigenvalue weighted by Crippen LogP contribution is -2.05. The van der Waals surface area contributed by atoms with Crippen molar-refractivity contribution in [1.29, 1.82) is 0 Å². The first kappa shape index (κ1) is 18.4. The molecular formula is C21H20O6. The van der Waals surface area contributed by atoms with E-state index in [2.05, 4.69) is 0 Å². The van der Waals surface area contributed by atoms with E-state index in [1.165, 1.54) is 37.4 Å². The molecule has 140 valence electrons. The Hall–Kier alpha value is -3.41. The minimum atomic E-state index is -0.738. The van der Waals surface area contributed by atoms with E-state index in [-0.39, 0.29) is 28.2 Å². The number of hydrogen-bond donors (Lipinski definition) is 3. The fourth-order valence-electron chi connectivity index (χ4n) is 2.86. The fraction of sp³-hybridized carbons (Fsp3) is 0.190. The average molecular weight is 368 g/mol. The molecule has 0 saturated heterocycles. The van der Waals surface area contributed by atoms with Crippen LogP contribution in [0.25, 0.3) is 22.3 Å². The van der Waals surface area contributed by atoms with E-state index in [1.54, 1.807) is 0 Å². The van der Waals surface area contributed by atoms with Gasteiger partial charge in [-0.25, -0.2) is 0 Å². The van der Waals surface area contributed by atoms with E-state index < -0.39 is 11.2 Å². The molecule has 0 radical (unpaired) electrons. The van der Waals surface area contributed by atoms with Crippen LogP contribution < -0.4 is 10.2 Å². The number of methoxy groups -OCH3 is 1. The van der Waals surface area contributed by atoms with Gasteiger partial charge in [-0.3, -0.25) is 4.79 Å². The molecular weight excluding hydrogens is 348 g/mol. The topological polar surface area (TPSA) is 100 Å². The molecule has 0 unspecified atom stereocenters. The van der Waals surface area contributed by atoms with Crippen molar-refractivity contribution in [2.24, 2.45) is 0 Å². The van der Waals surface area contributed by atoms with Crippen molar-refractivity contribution in [2.45, 2.75) is 20.3 Å². The number of aromatic hydroxyl groups is 3. The van der Waals surface area contributed by atoms with E-state index in [4.69, 9.17) is 9.15 Å². The van der Waals surface area contributed by atoms with Crippen LogP contribution in [0.1, 0.15) is 19.4 Å². The third-order valence-corrected chi connectivity index (χ3v) is 4.25. The van der Waals surface area contributed by atoms with Crippen LogP contribution in [0, 0.1) is 0 Å². The number of hydrogen-bond acceptors (Lipinski definition) is 6. The summed E-state index contributed by atoms with van der Waals surface area (Å²) < 4.78 is 11.2. The number of ether oxygens (including phenoxy) is 1. The second-order valence-corrected chi connectivity index (χ2v) is 6.42. The molecule has 0 aliphatic heterocycles. The molecule has 1 aromatic heterocycles. The molecule has 0 fully saturated rings. The fourth-order valence-corrected chi connectivity index (χ4v) is 2.86. The predicted octanol–water partition coefficient (Wildman–Crippen LogP) is 4.09. The molecule has 0 aliphatic rings. The van der Waals surface area contributed by atoms with E-state index in [0.717, 1.165) is 5.57 Å². The summed E-state index contributed by atoms with van der Waals surface area (Å²) in [5, 5.41) is 30.0. The van der Waals surface area contributed by atoms with E-state index >= 15 is 0 Å². The van der Waals surface area contributed by atoms with Gasteiger partial charge in [-0.15, -0.1) is 0 Å². The van der Waals surface area contributed by atoms with Crippen LogP contribution >= 0.6 is 0 Å². The monoisotopic (exact) mass is 368 g/mol. The highest BCUT2D eigenvalue weighted by Crippen LogP contribution is 2.39. The molecule has 0 aliphatic carbocycles. The highest BCUT2D eigenvalue weighted by atomic mass is 16.5. The molecule has 3 rings (SSSR count).